The molecule has 0 radical (unpaired) electrons. The molecular formula is C23H29ClFN3O3S. The summed E-state index contributed by atoms with van der Waals surface area (Å²) in [5, 5.41) is 2.65. The normalized spacial score (nSPS) is 15.5. The van der Waals surface area contributed by atoms with Crippen molar-refractivity contribution in [2.45, 2.75) is 45.3 Å². The molecule has 174 valence electrons. The summed E-state index contributed by atoms with van der Waals surface area (Å²) in [4.78, 5) is 15.4. The highest BCUT2D eigenvalue weighted by molar-refractivity contribution is 7.92. The Morgan fingerprint density at radius 3 is 2.50 bits per heavy atom. The maximum atomic E-state index is 13.6. The first-order valence-electron chi connectivity index (χ1n) is 10.7. The highest BCUT2D eigenvalue weighted by Crippen LogP contribution is 2.27. The van der Waals surface area contributed by atoms with E-state index in [0.717, 1.165) is 41.8 Å². The minimum atomic E-state index is -3.82. The fourth-order valence-electron chi connectivity index (χ4n) is 4.03. The molecule has 6 nitrogen and oxygen atoms in total. The first-order valence-corrected chi connectivity index (χ1v) is 12.9. The number of hydrogen-bond donors (Lipinski definition) is 1. The van der Waals surface area contributed by atoms with Crippen molar-refractivity contribution in [3.05, 3.63) is 64.4 Å². The van der Waals surface area contributed by atoms with Crippen molar-refractivity contribution < 1.29 is 17.6 Å². The van der Waals surface area contributed by atoms with Crippen molar-refractivity contribution in [3.63, 3.8) is 0 Å². The predicted molar refractivity (Wildman–Crippen MR) is 126 cm³/mol. The Morgan fingerprint density at radius 1 is 1.19 bits per heavy atom. The average Bonchev–Trinajstić information content (AvgIpc) is 3.25. The summed E-state index contributed by atoms with van der Waals surface area (Å²) >= 11 is 5.85. The van der Waals surface area contributed by atoms with E-state index in [9.17, 15) is 17.6 Å². The third-order valence-corrected chi connectivity index (χ3v) is 7.02. The van der Waals surface area contributed by atoms with Crippen LogP contribution in [0.25, 0.3) is 0 Å². The van der Waals surface area contributed by atoms with Gasteiger partial charge in [0.1, 0.15) is 11.9 Å². The number of nitrogens with one attached hydrogen (secondary N) is 1. The molecule has 1 atom stereocenters. The SMILES string of the molecule is CCC(C(=O)NCc1cccc(CN2CCCC2)c1)N(c1ccc(F)c(Cl)c1)S(C)(=O)=O. The molecule has 9 heteroatoms. The summed E-state index contributed by atoms with van der Waals surface area (Å²) in [6.45, 7) is 5.10. The molecule has 1 saturated heterocycles. The van der Waals surface area contributed by atoms with E-state index in [1.165, 1.54) is 30.5 Å². The van der Waals surface area contributed by atoms with Gasteiger partial charge in [-0.2, -0.15) is 0 Å². The van der Waals surface area contributed by atoms with Crippen LogP contribution in [0.2, 0.25) is 5.02 Å². The number of rotatable bonds is 9. The molecule has 1 amide bonds. The van der Waals surface area contributed by atoms with Crippen LogP contribution in [0, 0.1) is 5.82 Å². The molecule has 1 aliphatic heterocycles. The quantitative estimate of drug-likeness (QED) is 0.589. The van der Waals surface area contributed by atoms with Gasteiger partial charge in [-0.15, -0.1) is 0 Å². The van der Waals surface area contributed by atoms with Gasteiger partial charge in [0.15, 0.2) is 0 Å². The van der Waals surface area contributed by atoms with Gasteiger partial charge in [-0.05, 0) is 61.7 Å². The van der Waals surface area contributed by atoms with Crippen LogP contribution in [0.4, 0.5) is 10.1 Å². The highest BCUT2D eigenvalue weighted by atomic mass is 35.5. The first kappa shape index (κ1) is 24.5. The first-order chi connectivity index (χ1) is 15.2. The van der Waals surface area contributed by atoms with E-state index in [0.29, 0.717) is 0 Å². The van der Waals surface area contributed by atoms with E-state index in [4.69, 9.17) is 11.6 Å². The smallest absolute Gasteiger partial charge is 0.244 e. The molecule has 1 fully saturated rings. The minimum absolute atomic E-state index is 0.147. The molecule has 1 unspecified atom stereocenters. The molecule has 1 heterocycles. The van der Waals surface area contributed by atoms with Gasteiger partial charge in [0.05, 0.1) is 17.0 Å². The van der Waals surface area contributed by atoms with E-state index in [-0.39, 0.29) is 23.7 Å². The molecule has 0 aromatic heterocycles. The fourth-order valence-corrected chi connectivity index (χ4v) is 5.40. The van der Waals surface area contributed by atoms with Crippen molar-refractivity contribution in [1.29, 1.82) is 0 Å². The van der Waals surface area contributed by atoms with Crippen LogP contribution in [0.1, 0.15) is 37.3 Å². The molecule has 0 bridgehead atoms. The topological polar surface area (TPSA) is 69.7 Å². The summed E-state index contributed by atoms with van der Waals surface area (Å²) in [6.07, 6.45) is 3.71. The van der Waals surface area contributed by atoms with Crippen LogP contribution in [-0.4, -0.2) is 44.6 Å². The number of benzene rings is 2. The Kier molecular flexibility index (Phi) is 8.14. The standard InChI is InChI=1S/C23H29ClFN3O3S/c1-3-22(28(32(2,30)31)19-9-10-21(25)20(24)14-19)23(29)26-15-17-7-6-8-18(13-17)16-27-11-4-5-12-27/h6-10,13-14,22H,3-5,11-12,15-16H2,1-2H3,(H,26,29). The number of carbonyl (C=O) groups is 1. The summed E-state index contributed by atoms with van der Waals surface area (Å²) in [5.41, 5.74) is 2.28. The van der Waals surface area contributed by atoms with Gasteiger partial charge >= 0.3 is 0 Å². The van der Waals surface area contributed by atoms with Crippen molar-refractivity contribution in [1.82, 2.24) is 10.2 Å². The lowest BCUT2D eigenvalue weighted by molar-refractivity contribution is -0.122. The monoisotopic (exact) mass is 481 g/mol. The highest BCUT2D eigenvalue weighted by Gasteiger charge is 2.31. The molecule has 0 aliphatic carbocycles. The molecule has 1 N–H and O–H groups in total. The van der Waals surface area contributed by atoms with E-state index in [1.807, 2.05) is 12.1 Å². The largest absolute Gasteiger partial charge is 0.350 e. The van der Waals surface area contributed by atoms with Gasteiger partial charge in [0.25, 0.3) is 0 Å². The third-order valence-electron chi connectivity index (χ3n) is 5.55. The van der Waals surface area contributed by atoms with Crippen LogP contribution >= 0.6 is 11.6 Å². The van der Waals surface area contributed by atoms with Crippen LogP contribution in [-0.2, 0) is 27.9 Å². The van der Waals surface area contributed by atoms with Gasteiger partial charge in [-0.1, -0.05) is 42.8 Å². The Labute approximate surface area is 194 Å². The molecule has 3 rings (SSSR count). The van der Waals surface area contributed by atoms with Crippen LogP contribution < -0.4 is 9.62 Å². The molecule has 0 saturated carbocycles. The maximum absolute atomic E-state index is 13.6. The summed E-state index contributed by atoms with van der Waals surface area (Å²) in [7, 11) is -3.82. The number of amides is 1. The zero-order valence-electron chi connectivity index (χ0n) is 18.4. The Morgan fingerprint density at radius 2 is 1.88 bits per heavy atom. The van der Waals surface area contributed by atoms with Crippen LogP contribution in [0.15, 0.2) is 42.5 Å². The number of halogens is 2. The number of anilines is 1. The number of likely N-dealkylation sites (tertiary alicyclic amines) is 1. The molecule has 2 aromatic carbocycles. The second-order valence-corrected chi connectivity index (χ2v) is 10.4. The molecule has 2 aromatic rings. The average molecular weight is 482 g/mol. The Balaban J connectivity index is 1.73. The number of carbonyl (C=O) groups excluding carboxylic acids is 1. The van der Waals surface area contributed by atoms with E-state index in [2.05, 4.69) is 22.3 Å². The zero-order chi connectivity index (χ0) is 23.3. The maximum Gasteiger partial charge on any atom is 0.244 e. The van der Waals surface area contributed by atoms with Crippen molar-refractivity contribution >= 4 is 33.2 Å². The lowest BCUT2D eigenvalue weighted by Crippen LogP contribution is -2.49. The summed E-state index contributed by atoms with van der Waals surface area (Å²) in [5.74, 6) is -1.08. The molecule has 32 heavy (non-hydrogen) atoms. The molecular weight excluding hydrogens is 453 g/mol. The lowest BCUT2D eigenvalue weighted by Gasteiger charge is -2.30. The Bertz CT molecular complexity index is 1060. The number of sulfonamides is 1. The second-order valence-electron chi connectivity index (χ2n) is 8.10. The fraction of sp³-hybridized carbons (Fsp3) is 0.435. The number of hydrogen-bond acceptors (Lipinski definition) is 4. The van der Waals surface area contributed by atoms with Crippen molar-refractivity contribution in [3.8, 4) is 0 Å². The van der Waals surface area contributed by atoms with Crippen molar-refractivity contribution in [2.24, 2.45) is 0 Å². The second kappa shape index (κ2) is 10.6. The lowest BCUT2D eigenvalue weighted by atomic mass is 10.1. The van der Waals surface area contributed by atoms with Gasteiger partial charge in [0, 0.05) is 13.1 Å². The van der Waals surface area contributed by atoms with E-state index >= 15 is 0 Å². The van der Waals surface area contributed by atoms with Crippen molar-refractivity contribution in [2.75, 3.05) is 23.7 Å². The summed E-state index contributed by atoms with van der Waals surface area (Å²) < 4.78 is 39.6. The van der Waals surface area contributed by atoms with Gasteiger partial charge in [-0.3, -0.25) is 14.0 Å². The van der Waals surface area contributed by atoms with Gasteiger partial charge in [0.2, 0.25) is 15.9 Å². The number of nitrogens with zero attached hydrogens (tertiary/aromatic N) is 2. The zero-order valence-corrected chi connectivity index (χ0v) is 19.9. The molecule has 0 spiro atoms. The third kappa shape index (κ3) is 6.21. The summed E-state index contributed by atoms with van der Waals surface area (Å²) in [6, 6.07) is 10.7. The van der Waals surface area contributed by atoms with E-state index in [1.54, 1.807) is 6.92 Å². The predicted octanol–water partition coefficient (Wildman–Crippen LogP) is 3.94. The van der Waals surface area contributed by atoms with Gasteiger partial charge in [-0.25, -0.2) is 12.8 Å². The van der Waals surface area contributed by atoms with E-state index < -0.39 is 27.8 Å². The van der Waals surface area contributed by atoms with Crippen LogP contribution in [0.5, 0.6) is 0 Å². The van der Waals surface area contributed by atoms with Crippen LogP contribution in [0.3, 0.4) is 0 Å². The Hall–Kier alpha value is -2.16. The molecule has 1 aliphatic rings. The minimum Gasteiger partial charge on any atom is -0.350 e. The van der Waals surface area contributed by atoms with Gasteiger partial charge < -0.3 is 5.32 Å².